The summed E-state index contributed by atoms with van der Waals surface area (Å²) in [6.07, 6.45) is 8.31. The molecule has 1 saturated carbocycles. The number of anilines is 1. The Balaban J connectivity index is 1.54. The molecule has 2 aliphatic rings. The number of aliphatic carboxylic acids is 1. The van der Waals surface area contributed by atoms with Gasteiger partial charge in [-0.3, -0.25) is 9.59 Å². The van der Waals surface area contributed by atoms with E-state index in [0.717, 1.165) is 24.3 Å². The highest BCUT2D eigenvalue weighted by Crippen LogP contribution is 2.27. The van der Waals surface area contributed by atoms with Crippen molar-refractivity contribution in [3.63, 3.8) is 0 Å². The zero-order valence-corrected chi connectivity index (χ0v) is 16.4. The number of carbonyl (C=O) groups excluding carboxylic acids is 1. The van der Waals surface area contributed by atoms with E-state index in [4.69, 9.17) is 5.11 Å². The van der Waals surface area contributed by atoms with Gasteiger partial charge in [-0.25, -0.2) is 0 Å². The lowest BCUT2D eigenvalue weighted by molar-refractivity contribution is -0.142. The number of carboxylic acids is 1. The van der Waals surface area contributed by atoms with Gasteiger partial charge < -0.3 is 14.9 Å². The number of hydrogen-bond acceptors (Lipinski definition) is 3. The van der Waals surface area contributed by atoms with Gasteiger partial charge >= 0.3 is 5.97 Å². The Bertz CT molecular complexity index is 647. The first kappa shape index (κ1) is 19.7. The highest BCUT2D eigenvalue weighted by Gasteiger charge is 2.25. The number of carboxylic acid groups (broad SMARTS) is 1. The quantitative estimate of drug-likeness (QED) is 0.822. The second-order valence-corrected chi connectivity index (χ2v) is 8.23. The molecule has 148 valence electrons. The standard InChI is InChI=1S/C22H32N2O3/c1-23(21(25)15-17-6-3-2-4-7-17)16-18-8-5-9-20(14-18)24-12-10-19(11-13-24)22(26)27/h5,8-9,14,17,19H,2-4,6-7,10-13,15-16H2,1H3,(H,26,27). The molecule has 2 fully saturated rings. The van der Waals surface area contributed by atoms with E-state index in [1.54, 1.807) is 0 Å². The van der Waals surface area contributed by atoms with Gasteiger partial charge in [-0.1, -0.05) is 31.4 Å². The second kappa shape index (κ2) is 9.25. The fourth-order valence-electron chi connectivity index (χ4n) is 4.39. The Morgan fingerprint density at radius 2 is 1.81 bits per heavy atom. The van der Waals surface area contributed by atoms with Crippen LogP contribution >= 0.6 is 0 Å². The van der Waals surface area contributed by atoms with Crippen LogP contribution < -0.4 is 4.90 Å². The number of piperidine rings is 1. The number of hydrogen-bond donors (Lipinski definition) is 1. The van der Waals surface area contributed by atoms with Gasteiger partial charge in [0.2, 0.25) is 5.91 Å². The van der Waals surface area contributed by atoms with E-state index in [1.807, 2.05) is 18.0 Å². The molecule has 1 aromatic carbocycles. The molecule has 0 spiro atoms. The van der Waals surface area contributed by atoms with Gasteiger partial charge in [0.25, 0.3) is 0 Å². The van der Waals surface area contributed by atoms with Crippen molar-refractivity contribution in [3.05, 3.63) is 29.8 Å². The maximum absolute atomic E-state index is 12.6. The van der Waals surface area contributed by atoms with Gasteiger partial charge in [-0.15, -0.1) is 0 Å². The molecule has 5 heteroatoms. The molecule has 3 rings (SSSR count). The van der Waals surface area contributed by atoms with Gasteiger partial charge in [0.1, 0.15) is 0 Å². The molecule has 0 aromatic heterocycles. The first-order valence-electron chi connectivity index (χ1n) is 10.3. The SMILES string of the molecule is CN(Cc1cccc(N2CCC(C(=O)O)CC2)c1)C(=O)CC1CCCCC1. The monoisotopic (exact) mass is 372 g/mol. The third kappa shape index (κ3) is 5.47. The highest BCUT2D eigenvalue weighted by molar-refractivity contribution is 5.76. The van der Waals surface area contributed by atoms with Crippen LogP contribution in [-0.2, 0) is 16.1 Å². The van der Waals surface area contributed by atoms with Gasteiger partial charge in [0.15, 0.2) is 0 Å². The molecule has 1 amide bonds. The normalized spacial score (nSPS) is 19.1. The lowest BCUT2D eigenvalue weighted by Gasteiger charge is -2.32. The summed E-state index contributed by atoms with van der Waals surface area (Å²) in [6, 6.07) is 8.32. The minimum atomic E-state index is -0.679. The molecule has 0 radical (unpaired) electrons. The molecule has 0 unspecified atom stereocenters. The van der Waals surface area contributed by atoms with Crippen LogP contribution in [0.5, 0.6) is 0 Å². The van der Waals surface area contributed by atoms with Gasteiger partial charge in [0, 0.05) is 38.8 Å². The number of amides is 1. The van der Waals surface area contributed by atoms with Crippen molar-refractivity contribution in [3.8, 4) is 0 Å². The van der Waals surface area contributed by atoms with Gasteiger partial charge in [0.05, 0.1) is 5.92 Å². The summed E-state index contributed by atoms with van der Waals surface area (Å²) in [5, 5.41) is 9.15. The van der Waals surface area contributed by atoms with E-state index in [-0.39, 0.29) is 11.8 Å². The van der Waals surface area contributed by atoms with Crippen LogP contribution in [0.4, 0.5) is 5.69 Å². The van der Waals surface area contributed by atoms with Crippen LogP contribution in [0.2, 0.25) is 0 Å². The molecular weight excluding hydrogens is 340 g/mol. The van der Waals surface area contributed by atoms with Crippen molar-refractivity contribution in [2.75, 3.05) is 25.0 Å². The smallest absolute Gasteiger partial charge is 0.306 e. The zero-order chi connectivity index (χ0) is 19.2. The summed E-state index contributed by atoms with van der Waals surface area (Å²) in [6.45, 7) is 2.18. The third-order valence-corrected chi connectivity index (χ3v) is 6.15. The van der Waals surface area contributed by atoms with Gasteiger partial charge in [-0.2, -0.15) is 0 Å². The van der Waals surface area contributed by atoms with Crippen molar-refractivity contribution in [1.29, 1.82) is 0 Å². The fourth-order valence-corrected chi connectivity index (χ4v) is 4.39. The lowest BCUT2D eigenvalue weighted by Crippen LogP contribution is -2.36. The van der Waals surface area contributed by atoms with Gasteiger partial charge in [-0.05, 0) is 49.3 Å². The first-order valence-corrected chi connectivity index (χ1v) is 10.3. The number of carbonyl (C=O) groups is 2. The third-order valence-electron chi connectivity index (χ3n) is 6.15. The summed E-state index contributed by atoms with van der Waals surface area (Å²) < 4.78 is 0. The van der Waals surface area contributed by atoms with E-state index in [0.29, 0.717) is 31.7 Å². The van der Waals surface area contributed by atoms with Crippen molar-refractivity contribution < 1.29 is 14.7 Å². The Hall–Kier alpha value is -2.04. The summed E-state index contributed by atoms with van der Waals surface area (Å²) in [4.78, 5) is 27.8. The summed E-state index contributed by atoms with van der Waals surface area (Å²) in [5.41, 5.74) is 2.26. The fraction of sp³-hybridized carbons (Fsp3) is 0.636. The van der Waals surface area contributed by atoms with E-state index in [9.17, 15) is 9.59 Å². The minimum absolute atomic E-state index is 0.215. The molecule has 1 aliphatic carbocycles. The van der Waals surface area contributed by atoms with E-state index in [2.05, 4.69) is 23.1 Å². The predicted molar refractivity (Wildman–Crippen MR) is 107 cm³/mol. The molecule has 27 heavy (non-hydrogen) atoms. The first-order chi connectivity index (χ1) is 13.0. The molecule has 0 atom stereocenters. The molecule has 1 N–H and O–H groups in total. The summed E-state index contributed by atoms with van der Waals surface area (Å²) in [7, 11) is 1.90. The minimum Gasteiger partial charge on any atom is -0.481 e. The number of nitrogens with zero attached hydrogens (tertiary/aromatic N) is 2. The van der Waals surface area contributed by atoms with Crippen molar-refractivity contribution in [1.82, 2.24) is 4.90 Å². The van der Waals surface area contributed by atoms with Crippen LogP contribution in [0.25, 0.3) is 0 Å². The molecule has 5 nitrogen and oxygen atoms in total. The zero-order valence-electron chi connectivity index (χ0n) is 16.4. The van der Waals surface area contributed by atoms with Crippen LogP contribution in [0.3, 0.4) is 0 Å². The number of benzene rings is 1. The van der Waals surface area contributed by atoms with Crippen LogP contribution in [0.1, 0.15) is 56.9 Å². The maximum Gasteiger partial charge on any atom is 0.306 e. The van der Waals surface area contributed by atoms with Crippen molar-refractivity contribution >= 4 is 17.6 Å². The van der Waals surface area contributed by atoms with E-state index >= 15 is 0 Å². The molecule has 1 heterocycles. The predicted octanol–water partition coefficient (Wildman–Crippen LogP) is 3.92. The topological polar surface area (TPSA) is 60.9 Å². The average Bonchev–Trinajstić information content (AvgIpc) is 2.69. The summed E-state index contributed by atoms with van der Waals surface area (Å²) in [5.74, 6) is -0.0837. The molecular formula is C22H32N2O3. The average molecular weight is 373 g/mol. The Kier molecular flexibility index (Phi) is 6.75. The second-order valence-electron chi connectivity index (χ2n) is 8.23. The van der Waals surface area contributed by atoms with Crippen LogP contribution in [0.15, 0.2) is 24.3 Å². The van der Waals surface area contributed by atoms with Crippen molar-refractivity contribution in [2.24, 2.45) is 11.8 Å². The highest BCUT2D eigenvalue weighted by atomic mass is 16.4. The molecule has 1 aliphatic heterocycles. The van der Waals surface area contributed by atoms with Crippen LogP contribution in [-0.4, -0.2) is 42.0 Å². The largest absolute Gasteiger partial charge is 0.481 e. The Morgan fingerprint density at radius 1 is 1.11 bits per heavy atom. The van der Waals surface area contributed by atoms with Crippen molar-refractivity contribution in [2.45, 2.75) is 57.9 Å². The van der Waals surface area contributed by atoms with Crippen LogP contribution in [0, 0.1) is 11.8 Å². The lowest BCUT2D eigenvalue weighted by atomic mass is 9.86. The van der Waals surface area contributed by atoms with E-state index in [1.165, 1.54) is 32.1 Å². The Labute approximate surface area is 162 Å². The molecule has 1 aromatic rings. The molecule has 1 saturated heterocycles. The maximum atomic E-state index is 12.6. The Morgan fingerprint density at radius 3 is 2.48 bits per heavy atom. The van der Waals surface area contributed by atoms with E-state index < -0.39 is 5.97 Å². The number of rotatable bonds is 6. The summed E-state index contributed by atoms with van der Waals surface area (Å²) >= 11 is 0. The molecule has 0 bridgehead atoms.